The Morgan fingerprint density at radius 2 is 1.45 bits per heavy atom. The van der Waals surface area contributed by atoms with E-state index in [4.69, 9.17) is 43.1 Å². The third kappa shape index (κ3) is 3.19. The Bertz CT molecular complexity index is 2180. The Morgan fingerprint density at radius 1 is 0.727 bits per heavy atom. The molecule has 214 valence electrons. The lowest BCUT2D eigenvalue weighted by Crippen LogP contribution is -2.51. The van der Waals surface area contributed by atoms with E-state index in [0.717, 1.165) is 33.0 Å². The smallest absolute Gasteiger partial charge is 0.213 e. The number of nitrogens with two attached hydrogens (primary N) is 4. The van der Waals surface area contributed by atoms with Gasteiger partial charge >= 0.3 is 0 Å². The summed E-state index contributed by atoms with van der Waals surface area (Å²) in [6, 6.07) is 23.3. The van der Waals surface area contributed by atoms with Crippen LogP contribution in [-0.2, 0) is 5.79 Å². The summed E-state index contributed by atoms with van der Waals surface area (Å²) in [5, 5.41) is 7.99. The first-order valence-corrected chi connectivity index (χ1v) is 14.1. The van der Waals surface area contributed by atoms with Crippen molar-refractivity contribution in [2.24, 2.45) is 43.1 Å². The molecular formula is C32H26N12. The van der Waals surface area contributed by atoms with Gasteiger partial charge in [-0.1, -0.05) is 97.1 Å². The van der Waals surface area contributed by atoms with E-state index in [1.807, 2.05) is 97.1 Å². The lowest BCUT2D eigenvalue weighted by atomic mass is 9.88. The second kappa shape index (κ2) is 8.46. The predicted molar refractivity (Wildman–Crippen MR) is 172 cm³/mol. The fraction of sp³-hybridized carbons (Fsp3) is 0.0625. The summed E-state index contributed by atoms with van der Waals surface area (Å²) in [5.74, 6) is 15.7. The van der Waals surface area contributed by atoms with E-state index in [2.05, 4.69) is 10.3 Å². The average Bonchev–Trinajstić information content (AvgIpc) is 3.73. The molecule has 10 N–H and O–H groups in total. The van der Waals surface area contributed by atoms with Crippen LogP contribution < -0.4 is 33.5 Å². The molecule has 4 aliphatic heterocycles. The van der Waals surface area contributed by atoms with Gasteiger partial charge in [0.1, 0.15) is 23.0 Å². The number of nitrogens with one attached hydrogen (secondary N) is 2. The van der Waals surface area contributed by atoms with Crippen molar-refractivity contribution in [3.05, 3.63) is 131 Å². The van der Waals surface area contributed by atoms with E-state index in [-0.39, 0.29) is 0 Å². The minimum absolute atomic E-state index is 0.385. The Balaban J connectivity index is 1.38. The highest BCUT2D eigenvalue weighted by atomic mass is 15.5. The number of anilines is 1. The van der Waals surface area contributed by atoms with Gasteiger partial charge in [0.05, 0.1) is 0 Å². The van der Waals surface area contributed by atoms with Gasteiger partial charge in [-0.2, -0.15) is 0 Å². The molecular weight excluding hydrogens is 552 g/mol. The van der Waals surface area contributed by atoms with Crippen LogP contribution >= 0.6 is 0 Å². The highest BCUT2D eigenvalue weighted by molar-refractivity contribution is 6.28. The summed E-state index contributed by atoms with van der Waals surface area (Å²) >= 11 is 0. The maximum Gasteiger partial charge on any atom is 0.213 e. The molecule has 0 amide bonds. The van der Waals surface area contributed by atoms with Gasteiger partial charge in [0, 0.05) is 38.6 Å². The van der Waals surface area contributed by atoms with Gasteiger partial charge < -0.3 is 16.0 Å². The number of hydrogen-bond acceptors (Lipinski definition) is 11. The van der Waals surface area contributed by atoms with Crippen LogP contribution in [0.15, 0.2) is 128 Å². The van der Waals surface area contributed by atoms with E-state index >= 15 is 0 Å². The van der Waals surface area contributed by atoms with Crippen molar-refractivity contribution >= 4 is 45.8 Å². The average molecular weight is 579 g/mol. The normalized spacial score (nSPS) is 26.8. The summed E-state index contributed by atoms with van der Waals surface area (Å²) in [6.07, 6.45) is 7.54. The number of amidine groups is 4. The zero-order valence-electron chi connectivity index (χ0n) is 23.2. The van der Waals surface area contributed by atoms with Crippen molar-refractivity contribution in [1.82, 2.24) is 15.3 Å². The molecule has 2 atom stereocenters. The first kappa shape index (κ1) is 24.9. The van der Waals surface area contributed by atoms with Crippen LogP contribution in [0.5, 0.6) is 0 Å². The van der Waals surface area contributed by atoms with Crippen molar-refractivity contribution in [2.45, 2.75) is 11.3 Å². The number of aromatic amines is 1. The maximum atomic E-state index is 7.08. The van der Waals surface area contributed by atoms with Crippen molar-refractivity contribution in [3.63, 3.8) is 0 Å². The second-order valence-corrected chi connectivity index (χ2v) is 11.2. The van der Waals surface area contributed by atoms with E-state index in [1.54, 1.807) is 0 Å². The molecule has 9 rings (SSSR count). The second-order valence-electron chi connectivity index (χ2n) is 11.2. The molecule has 0 spiro atoms. The zero-order valence-corrected chi connectivity index (χ0v) is 23.2. The van der Waals surface area contributed by atoms with Gasteiger partial charge in [0.15, 0.2) is 23.3 Å². The third-order valence-corrected chi connectivity index (χ3v) is 8.63. The topological polar surface area (TPSA) is 188 Å². The SMILES string of the molecule is NN1C2=C3C=CC=CC3(N)/C1=N/c1[nH]c(c3ccccc13)N(N)C1=N/C(=N\C3(N)NC(=N2)c2ccccc23)c2ccccc21. The lowest BCUT2D eigenvalue weighted by Gasteiger charge is -2.25. The Morgan fingerprint density at radius 3 is 2.30 bits per heavy atom. The first-order valence-electron chi connectivity index (χ1n) is 14.1. The number of H-pyrrole nitrogens is 1. The molecule has 2 unspecified atom stereocenters. The van der Waals surface area contributed by atoms with Crippen LogP contribution in [0.3, 0.4) is 0 Å². The number of hydrogen-bond donors (Lipinski definition) is 6. The Hall–Kier alpha value is -5.66. The van der Waals surface area contributed by atoms with Gasteiger partial charge in [0.25, 0.3) is 0 Å². The molecule has 0 saturated carbocycles. The summed E-state index contributed by atoms with van der Waals surface area (Å²) < 4.78 is 0. The van der Waals surface area contributed by atoms with E-state index in [0.29, 0.717) is 46.4 Å². The summed E-state index contributed by atoms with van der Waals surface area (Å²) in [6.45, 7) is 0. The van der Waals surface area contributed by atoms with Crippen molar-refractivity contribution in [2.75, 3.05) is 5.01 Å². The van der Waals surface area contributed by atoms with Crippen LogP contribution in [-0.4, -0.2) is 38.9 Å². The Kier molecular flexibility index (Phi) is 4.79. The number of fused-ring (bicyclic) bond motifs is 18. The number of aromatic nitrogens is 1. The van der Waals surface area contributed by atoms with E-state index in [1.165, 1.54) is 10.0 Å². The minimum atomic E-state index is -1.39. The van der Waals surface area contributed by atoms with Crippen LogP contribution in [0, 0.1) is 0 Å². The third-order valence-electron chi connectivity index (χ3n) is 8.63. The van der Waals surface area contributed by atoms with Crippen LogP contribution in [0.2, 0.25) is 0 Å². The van der Waals surface area contributed by atoms with Gasteiger partial charge in [-0.15, -0.1) is 0 Å². The number of nitrogens with zero attached hydrogens (tertiary/aromatic N) is 6. The molecule has 1 aliphatic carbocycles. The minimum Gasteiger partial charge on any atom is -0.329 e. The Labute approximate surface area is 251 Å². The van der Waals surface area contributed by atoms with E-state index in [9.17, 15) is 0 Å². The highest BCUT2D eigenvalue weighted by Crippen LogP contribution is 2.41. The number of benzene rings is 3. The summed E-state index contributed by atoms with van der Waals surface area (Å²) in [7, 11) is 0. The highest BCUT2D eigenvalue weighted by Gasteiger charge is 2.47. The molecule has 0 radical (unpaired) electrons. The number of hydrazine groups is 2. The molecule has 3 aromatic carbocycles. The van der Waals surface area contributed by atoms with Gasteiger partial charge in [-0.05, 0) is 0 Å². The molecule has 1 aromatic heterocycles. The molecule has 12 nitrogen and oxygen atoms in total. The van der Waals surface area contributed by atoms with Crippen LogP contribution in [0.4, 0.5) is 11.6 Å². The van der Waals surface area contributed by atoms with Gasteiger partial charge in [0.2, 0.25) is 5.79 Å². The summed E-state index contributed by atoms with van der Waals surface area (Å²) in [4.78, 5) is 23.5. The molecule has 0 saturated heterocycles. The van der Waals surface area contributed by atoms with Gasteiger partial charge in [-0.3, -0.25) is 5.73 Å². The molecule has 8 bridgehead atoms. The standard InChI is InChI=1S/C32H26N12/c33-31-16-8-7-15-23(31)29-39-26-21-13-5-6-14-22(21)32(34,42-26)41-25-18-10-2-4-12-20(18)28(38-25)43(35)27-19-11-3-1-9-17(19)24(37-27)40-30(31)44(29)36/h1-16,37H,33-36H2,(H,39,42)/b40-30-,41-25-. The molecule has 5 heterocycles. The van der Waals surface area contributed by atoms with Crippen molar-refractivity contribution in [3.8, 4) is 0 Å². The monoisotopic (exact) mass is 578 g/mol. The molecule has 4 aromatic rings. The molecule has 0 fully saturated rings. The predicted octanol–water partition coefficient (Wildman–Crippen LogP) is 2.44. The molecule has 12 heteroatoms. The lowest BCUT2D eigenvalue weighted by molar-refractivity contribution is 0.448. The zero-order chi connectivity index (χ0) is 29.8. The number of aliphatic imine (C=N–C) groups is 4. The van der Waals surface area contributed by atoms with Crippen LogP contribution in [0.1, 0.15) is 22.3 Å². The fourth-order valence-corrected chi connectivity index (χ4v) is 6.51. The maximum absolute atomic E-state index is 7.08. The van der Waals surface area contributed by atoms with Crippen LogP contribution in [0.25, 0.3) is 10.8 Å². The van der Waals surface area contributed by atoms with E-state index < -0.39 is 11.3 Å². The van der Waals surface area contributed by atoms with Crippen molar-refractivity contribution in [1.29, 1.82) is 0 Å². The quantitative estimate of drug-likeness (QED) is 0.173. The number of rotatable bonds is 0. The first-order chi connectivity index (χ1) is 21.4. The number of allylic oxidation sites excluding steroid dienone is 2. The van der Waals surface area contributed by atoms with Crippen molar-refractivity contribution < 1.29 is 0 Å². The largest absolute Gasteiger partial charge is 0.329 e. The summed E-state index contributed by atoms with van der Waals surface area (Å²) in [5.41, 5.74) is 16.8. The van der Waals surface area contributed by atoms with Gasteiger partial charge in [-0.25, -0.2) is 41.7 Å². The molecule has 5 aliphatic rings. The fourth-order valence-electron chi connectivity index (χ4n) is 6.51. The molecule has 44 heavy (non-hydrogen) atoms.